The summed E-state index contributed by atoms with van der Waals surface area (Å²) in [6.07, 6.45) is 8.36. The SMILES string of the molecule is CCOC(=O)C1(C2CCCCC2)CCN(C(C)C)CC1. The number of piperidine rings is 1. The monoisotopic (exact) mass is 281 g/mol. The zero-order chi connectivity index (χ0) is 14.6. The van der Waals surface area contributed by atoms with Crippen LogP contribution in [0.15, 0.2) is 0 Å². The summed E-state index contributed by atoms with van der Waals surface area (Å²) in [5, 5.41) is 0. The Kier molecular flexibility index (Phi) is 5.48. The summed E-state index contributed by atoms with van der Waals surface area (Å²) in [6, 6.07) is 0.585. The van der Waals surface area contributed by atoms with E-state index in [1.54, 1.807) is 0 Å². The number of esters is 1. The van der Waals surface area contributed by atoms with Crippen LogP contribution in [0.4, 0.5) is 0 Å². The van der Waals surface area contributed by atoms with Crippen LogP contribution in [0.2, 0.25) is 0 Å². The van der Waals surface area contributed by atoms with Crippen LogP contribution < -0.4 is 0 Å². The molecule has 1 saturated carbocycles. The van der Waals surface area contributed by atoms with Crippen molar-refractivity contribution in [3.8, 4) is 0 Å². The predicted octanol–water partition coefficient (Wildman–Crippen LogP) is 3.62. The van der Waals surface area contributed by atoms with E-state index in [0.29, 0.717) is 18.6 Å². The van der Waals surface area contributed by atoms with Gasteiger partial charge in [0.15, 0.2) is 0 Å². The molecule has 0 aromatic heterocycles. The van der Waals surface area contributed by atoms with Crippen molar-refractivity contribution in [2.24, 2.45) is 11.3 Å². The van der Waals surface area contributed by atoms with E-state index in [1.807, 2.05) is 6.92 Å². The van der Waals surface area contributed by atoms with Crippen molar-refractivity contribution in [2.75, 3.05) is 19.7 Å². The second-order valence-corrected chi connectivity index (χ2v) is 6.84. The van der Waals surface area contributed by atoms with E-state index in [-0.39, 0.29) is 11.4 Å². The molecular formula is C17H31NO2. The van der Waals surface area contributed by atoms with Crippen molar-refractivity contribution in [3.63, 3.8) is 0 Å². The van der Waals surface area contributed by atoms with Crippen molar-refractivity contribution in [2.45, 2.75) is 71.8 Å². The van der Waals surface area contributed by atoms with Gasteiger partial charge in [0.2, 0.25) is 0 Å². The van der Waals surface area contributed by atoms with Crippen molar-refractivity contribution in [1.82, 2.24) is 4.90 Å². The number of carbonyl (C=O) groups excluding carboxylic acids is 1. The number of hydrogen-bond donors (Lipinski definition) is 0. The molecule has 2 aliphatic rings. The molecule has 0 aromatic carbocycles. The highest BCUT2D eigenvalue weighted by Crippen LogP contribution is 2.47. The second kappa shape index (κ2) is 6.93. The minimum Gasteiger partial charge on any atom is -0.466 e. The molecule has 0 atom stereocenters. The fourth-order valence-electron chi connectivity index (χ4n) is 4.15. The highest BCUT2D eigenvalue weighted by Gasteiger charge is 2.48. The third-order valence-corrected chi connectivity index (χ3v) is 5.49. The van der Waals surface area contributed by atoms with Gasteiger partial charge in [0.1, 0.15) is 0 Å². The van der Waals surface area contributed by atoms with Gasteiger partial charge in [-0.25, -0.2) is 0 Å². The second-order valence-electron chi connectivity index (χ2n) is 6.84. The quantitative estimate of drug-likeness (QED) is 0.737. The summed E-state index contributed by atoms with van der Waals surface area (Å²) in [6.45, 7) is 9.03. The molecule has 2 fully saturated rings. The lowest BCUT2D eigenvalue weighted by molar-refractivity contribution is -0.165. The lowest BCUT2D eigenvalue weighted by Gasteiger charge is -2.46. The Hall–Kier alpha value is -0.570. The molecule has 0 N–H and O–H groups in total. The van der Waals surface area contributed by atoms with Crippen LogP contribution in [0.1, 0.15) is 65.7 Å². The van der Waals surface area contributed by atoms with Gasteiger partial charge < -0.3 is 9.64 Å². The molecular weight excluding hydrogens is 250 g/mol. The maximum atomic E-state index is 12.7. The number of likely N-dealkylation sites (tertiary alicyclic amines) is 1. The maximum Gasteiger partial charge on any atom is 0.312 e. The number of nitrogens with zero attached hydrogens (tertiary/aromatic N) is 1. The number of ether oxygens (including phenoxy) is 1. The van der Waals surface area contributed by atoms with Crippen LogP contribution in [0.5, 0.6) is 0 Å². The van der Waals surface area contributed by atoms with E-state index in [1.165, 1.54) is 32.1 Å². The summed E-state index contributed by atoms with van der Waals surface area (Å²) in [5.74, 6) is 0.653. The molecule has 3 heteroatoms. The van der Waals surface area contributed by atoms with Crippen molar-refractivity contribution < 1.29 is 9.53 Å². The van der Waals surface area contributed by atoms with Crippen LogP contribution in [0.3, 0.4) is 0 Å². The summed E-state index contributed by atoms with van der Waals surface area (Å²) < 4.78 is 5.48. The lowest BCUT2D eigenvalue weighted by Crippen LogP contribution is -2.51. The molecule has 0 spiro atoms. The number of rotatable bonds is 4. The molecule has 0 unspecified atom stereocenters. The van der Waals surface area contributed by atoms with Crippen LogP contribution in [0, 0.1) is 11.3 Å². The smallest absolute Gasteiger partial charge is 0.312 e. The average Bonchev–Trinajstić information content (AvgIpc) is 2.48. The zero-order valence-electron chi connectivity index (χ0n) is 13.5. The Morgan fingerprint density at radius 1 is 1.20 bits per heavy atom. The minimum absolute atomic E-state index is 0.0929. The molecule has 20 heavy (non-hydrogen) atoms. The van der Waals surface area contributed by atoms with Gasteiger partial charge in [-0.1, -0.05) is 19.3 Å². The normalized spacial score (nSPS) is 24.8. The van der Waals surface area contributed by atoms with Crippen LogP contribution in [0.25, 0.3) is 0 Å². The first kappa shape index (κ1) is 15.8. The van der Waals surface area contributed by atoms with Gasteiger partial charge in [0.05, 0.1) is 12.0 Å². The van der Waals surface area contributed by atoms with Gasteiger partial charge in [0.25, 0.3) is 0 Å². The number of hydrogen-bond acceptors (Lipinski definition) is 3. The fraction of sp³-hybridized carbons (Fsp3) is 0.941. The van der Waals surface area contributed by atoms with E-state index in [9.17, 15) is 4.79 Å². The first-order valence-corrected chi connectivity index (χ1v) is 8.51. The Morgan fingerprint density at radius 2 is 1.80 bits per heavy atom. The lowest BCUT2D eigenvalue weighted by atomic mass is 9.63. The predicted molar refractivity (Wildman–Crippen MR) is 81.6 cm³/mol. The molecule has 0 amide bonds. The van der Waals surface area contributed by atoms with Gasteiger partial charge in [-0.05, 0) is 65.5 Å². The van der Waals surface area contributed by atoms with Crippen LogP contribution in [-0.2, 0) is 9.53 Å². The van der Waals surface area contributed by atoms with Gasteiger partial charge in [-0.2, -0.15) is 0 Å². The third kappa shape index (κ3) is 3.19. The van der Waals surface area contributed by atoms with Gasteiger partial charge >= 0.3 is 5.97 Å². The zero-order valence-corrected chi connectivity index (χ0v) is 13.5. The van der Waals surface area contributed by atoms with Crippen molar-refractivity contribution in [1.29, 1.82) is 0 Å². The molecule has 1 aliphatic carbocycles. The van der Waals surface area contributed by atoms with Crippen molar-refractivity contribution >= 4 is 5.97 Å². The molecule has 2 rings (SSSR count). The van der Waals surface area contributed by atoms with Gasteiger partial charge in [-0.3, -0.25) is 4.79 Å². The summed E-state index contributed by atoms with van der Waals surface area (Å²) in [5.41, 5.74) is -0.179. The largest absolute Gasteiger partial charge is 0.466 e. The third-order valence-electron chi connectivity index (χ3n) is 5.49. The Bertz CT molecular complexity index is 313. The standard InChI is InChI=1S/C17H31NO2/c1-4-20-16(19)17(15-8-6-5-7-9-15)10-12-18(13-11-17)14(2)3/h14-15H,4-13H2,1-3H3. The molecule has 1 aliphatic heterocycles. The molecule has 0 aromatic rings. The van der Waals surface area contributed by atoms with E-state index >= 15 is 0 Å². The first-order valence-electron chi connectivity index (χ1n) is 8.51. The van der Waals surface area contributed by atoms with E-state index in [2.05, 4.69) is 18.7 Å². The van der Waals surface area contributed by atoms with E-state index in [4.69, 9.17) is 4.74 Å². The molecule has 0 radical (unpaired) electrons. The first-order chi connectivity index (χ1) is 9.60. The van der Waals surface area contributed by atoms with E-state index < -0.39 is 0 Å². The molecule has 116 valence electrons. The Morgan fingerprint density at radius 3 is 2.30 bits per heavy atom. The summed E-state index contributed by atoms with van der Waals surface area (Å²) >= 11 is 0. The van der Waals surface area contributed by atoms with Crippen LogP contribution in [-0.4, -0.2) is 36.6 Å². The van der Waals surface area contributed by atoms with E-state index in [0.717, 1.165) is 25.9 Å². The fourth-order valence-corrected chi connectivity index (χ4v) is 4.15. The molecule has 1 heterocycles. The van der Waals surface area contributed by atoms with Crippen LogP contribution >= 0.6 is 0 Å². The average molecular weight is 281 g/mol. The maximum absolute atomic E-state index is 12.7. The molecule has 1 saturated heterocycles. The highest BCUT2D eigenvalue weighted by molar-refractivity contribution is 5.77. The minimum atomic E-state index is -0.179. The molecule has 0 bridgehead atoms. The molecule has 3 nitrogen and oxygen atoms in total. The summed E-state index contributed by atoms with van der Waals surface area (Å²) in [7, 11) is 0. The summed E-state index contributed by atoms with van der Waals surface area (Å²) in [4.78, 5) is 15.2. The highest BCUT2D eigenvalue weighted by atomic mass is 16.5. The van der Waals surface area contributed by atoms with Gasteiger partial charge in [-0.15, -0.1) is 0 Å². The Balaban J connectivity index is 2.11. The van der Waals surface area contributed by atoms with Gasteiger partial charge in [0, 0.05) is 6.04 Å². The topological polar surface area (TPSA) is 29.5 Å². The van der Waals surface area contributed by atoms with Crippen molar-refractivity contribution in [3.05, 3.63) is 0 Å². The Labute approximate surface area is 124 Å². The number of carbonyl (C=O) groups is 1.